The Hall–Kier alpha value is -3.73. The Morgan fingerprint density at radius 3 is 2.48 bits per heavy atom. The lowest BCUT2D eigenvalue weighted by atomic mass is 9.99. The zero-order valence-electron chi connectivity index (χ0n) is 18.1. The smallest absolute Gasteiger partial charge is 0.272 e. The molecule has 0 atom stereocenters. The summed E-state index contributed by atoms with van der Waals surface area (Å²) in [4.78, 5) is 17.8. The number of carbonyl (C=O) groups excluding carboxylic acids is 1. The van der Waals surface area contributed by atoms with Crippen molar-refractivity contribution in [2.45, 2.75) is 33.6 Å². The molecule has 5 heteroatoms. The Balaban J connectivity index is 1.71. The lowest BCUT2D eigenvalue weighted by Gasteiger charge is -2.11. The molecule has 1 N–H and O–H groups in total. The summed E-state index contributed by atoms with van der Waals surface area (Å²) in [7, 11) is 0. The van der Waals surface area contributed by atoms with Crippen LogP contribution in [0.2, 0.25) is 0 Å². The minimum Gasteiger partial charge on any atom is -0.460 e. The highest BCUT2D eigenvalue weighted by molar-refractivity contribution is 6.07. The van der Waals surface area contributed by atoms with E-state index in [1.807, 2.05) is 44.2 Å². The van der Waals surface area contributed by atoms with Crippen molar-refractivity contribution in [3.05, 3.63) is 88.9 Å². The van der Waals surface area contributed by atoms with E-state index in [2.05, 4.69) is 48.6 Å². The number of pyridine rings is 1. The number of benzene rings is 2. The molecule has 0 aliphatic carbocycles. The van der Waals surface area contributed by atoms with Gasteiger partial charge in [-0.25, -0.2) is 10.4 Å². The number of hydrogen-bond acceptors (Lipinski definition) is 4. The number of nitrogens with zero attached hydrogens (tertiary/aromatic N) is 2. The van der Waals surface area contributed by atoms with Gasteiger partial charge in [0.05, 0.1) is 23.0 Å². The largest absolute Gasteiger partial charge is 0.460 e. The van der Waals surface area contributed by atoms with Gasteiger partial charge in [0.2, 0.25) is 0 Å². The van der Waals surface area contributed by atoms with Crippen molar-refractivity contribution >= 4 is 23.0 Å². The van der Waals surface area contributed by atoms with E-state index in [4.69, 9.17) is 9.40 Å². The first-order valence-corrected chi connectivity index (χ1v) is 10.3. The molecule has 0 spiro atoms. The lowest BCUT2D eigenvalue weighted by Crippen LogP contribution is -2.18. The third kappa shape index (κ3) is 4.56. The van der Waals surface area contributed by atoms with Crippen LogP contribution >= 0.6 is 0 Å². The third-order valence-electron chi connectivity index (χ3n) is 5.20. The van der Waals surface area contributed by atoms with E-state index in [0.717, 1.165) is 33.5 Å². The number of amides is 1. The van der Waals surface area contributed by atoms with E-state index in [1.165, 1.54) is 11.8 Å². The van der Waals surface area contributed by atoms with Gasteiger partial charge in [0.1, 0.15) is 11.5 Å². The predicted molar refractivity (Wildman–Crippen MR) is 125 cm³/mol. The van der Waals surface area contributed by atoms with Gasteiger partial charge in [-0.2, -0.15) is 5.10 Å². The quantitative estimate of drug-likeness (QED) is 0.323. The maximum atomic E-state index is 13.0. The Labute approximate surface area is 181 Å². The van der Waals surface area contributed by atoms with Gasteiger partial charge in [0, 0.05) is 10.9 Å². The molecule has 0 aliphatic heterocycles. The van der Waals surface area contributed by atoms with E-state index in [9.17, 15) is 4.79 Å². The Morgan fingerprint density at radius 1 is 1.03 bits per heavy atom. The maximum Gasteiger partial charge on any atom is 0.272 e. The summed E-state index contributed by atoms with van der Waals surface area (Å²) in [5.41, 5.74) is 7.96. The summed E-state index contributed by atoms with van der Waals surface area (Å²) >= 11 is 0. The van der Waals surface area contributed by atoms with Gasteiger partial charge in [-0.15, -0.1) is 0 Å². The minimum atomic E-state index is -0.294. The third-order valence-corrected chi connectivity index (χ3v) is 5.20. The SMILES string of the molecule is Cc1ccc2nc(-c3ccc(C(C)C)cc3)cc(C(=O)NN=Cc3ccc(C)o3)c2c1. The van der Waals surface area contributed by atoms with Crippen molar-refractivity contribution in [3.8, 4) is 11.3 Å². The van der Waals surface area contributed by atoms with Gasteiger partial charge in [0.15, 0.2) is 0 Å². The number of hydrazone groups is 1. The molecule has 4 rings (SSSR count). The molecule has 156 valence electrons. The molecule has 0 bridgehead atoms. The van der Waals surface area contributed by atoms with Crippen LogP contribution < -0.4 is 5.43 Å². The highest BCUT2D eigenvalue weighted by Crippen LogP contribution is 2.27. The van der Waals surface area contributed by atoms with Crippen LogP contribution in [0.5, 0.6) is 0 Å². The molecule has 31 heavy (non-hydrogen) atoms. The van der Waals surface area contributed by atoms with Gasteiger partial charge >= 0.3 is 0 Å². The summed E-state index contributed by atoms with van der Waals surface area (Å²) in [6.07, 6.45) is 1.49. The topological polar surface area (TPSA) is 67.5 Å². The molecule has 0 saturated carbocycles. The maximum absolute atomic E-state index is 13.0. The predicted octanol–water partition coefficient (Wildman–Crippen LogP) is 6.00. The Morgan fingerprint density at radius 2 is 1.81 bits per heavy atom. The Kier molecular flexibility index (Phi) is 5.67. The minimum absolute atomic E-state index is 0.294. The number of hydrogen-bond donors (Lipinski definition) is 1. The Bertz CT molecular complexity index is 1270. The first kappa shape index (κ1) is 20.5. The number of fused-ring (bicyclic) bond motifs is 1. The second-order valence-electron chi connectivity index (χ2n) is 8.00. The van der Waals surface area contributed by atoms with Crippen LogP contribution in [0.1, 0.15) is 52.8 Å². The molecule has 1 amide bonds. The van der Waals surface area contributed by atoms with Crippen molar-refractivity contribution in [1.82, 2.24) is 10.4 Å². The molecule has 0 unspecified atom stereocenters. The first-order chi connectivity index (χ1) is 14.9. The fraction of sp³-hybridized carbons (Fsp3) is 0.192. The van der Waals surface area contributed by atoms with Crippen LogP contribution in [0.25, 0.3) is 22.2 Å². The lowest BCUT2D eigenvalue weighted by molar-refractivity contribution is 0.0956. The standard InChI is InChI=1S/C26H25N3O2/c1-16(2)19-7-9-20(10-8-19)25-14-23(22-13-17(3)5-12-24(22)28-25)26(30)29-27-15-21-11-6-18(4)31-21/h5-16H,1-4H3,(H,29,30). The number of nitrogens with one attached hydrogen (secondary N) is 1. The van der Waals surface area contributed by atoms with Gasteiger partial charge in [-0.3, -0.25) is 4.79 Å². The van der Waals surface area contributed by atoms with E-state index in [-0.39, 0.29) is 5.91 Å². The summed E-state index contributed by atoms with van der Waals surface area (Å²) in [6, 6.07) is 19.7. The van der Waals surface area contributed by atoms with Crippen molar-refractivity contribution < 1.29 is 9.21 Å². The summed E-state index contributed by atoms with van der Waals surface area (Å²) < 4.78 is 5.45. The highest BCUT2D eigenvalue weighted by Gasteiger charge is 2.14. The van der Waals surface area contributed by atoms with Gasteiger partial charge in [-0.05, 0) is 55.7 Å². The number of aryl methyl sites for hydroxylation is 2. The molecule has 0 fully saturated rings. The summed E-state index contributed by atoms with van der Waals surface area (Å²) in [5, 5.41) is 4.85. The monoisotopic (exact) mass is 411 g/mol. The molecular weight excluding hydrogens is 386 g/mol. The highest BCUT2D eigenvalue weighted by atomic mass is 16.3. The van der Waals surface area contributed by atoms with E-state index in [0.29, 0.717) is 17.2 Å². The molecule has 0 saturated heterocycles. The van der Waals surface area contributed by atoms with E-state index in [1.54, 1.807) is 6.07 Å². The second-order valence-corrected chi connectivity index (χ2v) is 8.00. The average Bonchev–Trinajstić information content (AvgIpc) is 3.18. The molecule has 0 aliphatic rings. The van der Waals surface area contributed by atoms with Crippen LogP contribution in [0.3, 0.4) is 0 Å². The zero-order chi connectivity index (χ0) is 22.0. The van der Waals surface area contributed by atoms with Gasteiger partial charge in [-0.1, -0.05) is 49.7 Å². The van der Waals surface area contributed by atoms with Crippen molar-refractivity contribution in [1.29, 1.82) is 0 Å². The molecule has 2 heterocycles. The average molecular weight is 412 g/mol. The van der Waals surface area contributed by atoms with Crippen LogP contribution in [-0.4, -0.2) is 17.1 Å². The molecule has 5 nitrogen and oxygen atoms in total. The van der Waals surface area contributed by atoms with Crippen molar-refractivity contribution in [2.24, 2.45) is 5.10 Å². The summed E-state index contributed by atoms with van der Waals surface area (Å²) in [5.74, 6) is 1.53. The van der Waals surface area contributed by atoms with Crippen molar-refractivity contribution in [3.63, 3.8) is 0 Å². The normalized spacial score (nSPS) is 11.5. The molecule has 4 aromatic rings. The fourth-order valence-electron chi connectivity index (χ4n) is 3.45. The van der Waals surface area contributed by atoms with E-state index < -0.39 is 0 Å². The molecule has 2 aromatic carbocycles. The van der Waals surface area contributed by atoms with Crippen molar-refractivity contribution in [2.75, 3.05) is 0 Å². The van der Waals surface area contributed by atoms with Crippen LogP contribution in [0.4, 0.5) is 0 Å². The van der Waals surface area contributed by atoms with Gasteiger partial charge in [0.25, 0.3) is 5.91 Å². The number of furan rings is 1. The van der Waals surface area contributed by atoms with E-state index >= 15 is 0 Å². The van der Waals surface area contributed by atoms with Crippen LogP contribution in [0, 0.1) is 13.8 Å². The van der Waals surface area contributed by atoms with Crippen LogP contribution in [-0.2, 0) is 0 Å². The zero-order valence-corrected chi connectivity index (χ0v) is 18.1. The molecular formula is C26H25N3O2. The first-order valence-electron chi connectivity index (χ1n) is 10.3. The second kappa shape index (κ2) is 8.56. The molecule has 0 radical (unpaired) electrons. The number of carbonyl (C=O) groups is 1. The number of aromatic nitrogens is 1. The summed E-state index contributed by atoms with van der Waals surface area (Å²) in [6.45, 7) is 8.19. The van der Waals surface area contributed by atoms with Crippen LogP contribution in [0.15, 0.2) is 70.2 Å². The fourth-order valence-corrected chi connectivity index (χ4v) is 3.45. The molecule has 2 aromatic heterocycles. The number of rotatable bonds is 5. The van der Waals surface area contributed by atoms with Gasteiger partial charge < -0.3 is 4.42 Å².